The van der Waals surface area contributed by atoms with Gasteiger partial charge in [-0.05, 0) is 17.2 Å². The van der Waals surface area contributed by atoms with Crippen molar-refractivity contribution in [1.82, 2.24) is 4.90 Å². The number of ether oxygens (including phenoxy) is 1. The van der Waals surface area contributed by atoms with E-state index in [-0.39, 0.29) is 5.97 Å². The number of nitrogens with zero attached hydrogens (tertiary/aromatic N) is 1. The summed E-state index contributed by atoms with van der Waals surface area (Å²) < 4.78 is 4.92. The zero-order valence-corrected chi connectivity index (χ0v) is 13.5. The summed E-state index contributed by atoms with van der Waals surface area (Å²) in [5.41, 5.74) is 2.58. The van der Waals surface area contributed by atoms with Crippen molar-refractivity contribution in [2.45, 2.75) is 20.0 Å². The second-order valence-electron chi connectivity index (χ2n) is 5.41. The topological polar surface area (TPSA) is 29.5 Å². The van der Waals surface area contributed by atoms with Crippen molar-refractivity contribution >= 4 is 5.97 Å². The molecule has 0 unspecified atom stereocenters. The van der Waals surface area contributed by atoms with Gasteiger partial charge in [-0.2, -0.15) is 0 Å². The quantitative estimate of drug-likeness (QED) is 0.548. The van der Waals surface area contributed by atoms with E-state index < -0.39 is 0 Å². The first kappa shape index (κ1) is 17.0. The van der Waals surface area contributed by atoms with Crippen LogP contribution in [0, 0.1) is 0 Å². The molecule has 0 amide bonds. The van der Waals surface area contributed by atoms with Gasteiger partial charge in [0.1, 0.15) is 6.61 Å². The van der Waals surface area contributed by atoms with E-state index >= 15 is 0 Å². The SMILES string of the molecule is CC(=O)OC/C=C/CN(Cc1ccccc1)Cc1ccccc1. The average Bonchev–Trinajstić information content (AvgIpc) is 2.56. The molecule has 3 nitrogen and oxygen atoms in total. The summed E-state index contributed by atoms with van der Waals surface area (Å²) in [7, 11) is 0. The average molecular weight is 309 g/mol. The first-order chi connectivity index (χ1) is 11.2. The van der Waals surface area contributed by atoms with Gasteiger partial charge < -0.3 is 4.74 Å². The molecule has 0 radical (unpaired) electrons. The Morgan fingerprint density at radius 3 is 1.91 bits per heavy atom. The molecule has 23 heavy (non-hydrogen) atoms. The predicted octanol–water partition coefficient (Wildman–Crippen LogP) is 3.81. The van der Waals surface area contributed by atoms with Crippen LogP contribution in [0.15, 0.2) is 72.8 Å². The fourth-order valence-electron chi connectivity index (χ4n) is 2.33. The van der Waals surface area contributed by atoms with Gasteiger partial charge in [0, 0.05) is 26.6 Å². The van der Waals surface area contributed by atoms with E-state index in [4.69, 9.17) is 4.74 Å². The zero-order chi connectivity index (χ0) is 16.3. The normalized spacial score (nSPS) is 11.0. The molecule has 0 aliphatic carbocycles. The molecule has 120 valence electrons. The van der Waals surface area contributed by atoms with Crippen LogP contribution in [0.4, 0.5) is 0 Å². The van der Waals surface area contributed by atoms with Crippen LogP contribution in [0.25, 0.3) is 0 Å². The van der Waals surface area contributed by atoms with Crippen LogP contribution in [0.1, 0.15) is 18.1 Å². The number of rotatable bonds is 8. The predicted molar refractivity (Wildman–Crippen MR) is 92.8 cm³/mol. The third-order valence-corrected chi connectivity index (χ3v) is 3.41. The Balaban J connectivity index is 1.94. The smallest absolute Gasteiger partial charge is 0.302 e. The van der Waals surface area contributed by atoms with Gasteiger partial charge in [-0.15, -0.1) is 0 Å². The lowest BCUT2D eigenvalue weighted by Crippen LogP contribution is -2.23. The maximum absolute atomic E-state index is 10.8. The largest absolute Gasteiger partial charge is 0.462 e. The van der Waals surface area contributed by atoms with Crippen molar-refractivity contribution < 1.29 is 9.53 Å². The summed E-state index contributed by atoms with van der Waals surface area (Å²) in [4.78, 5) is 13.1. The number of hydrogen-bond acceptors (Lipinski definition) is 3. The first-order valence-electron chi connectivity index (χ1n) is 7.82. The van der Waals surface area contributed by atoms with E-state index in [1.165, 1.54) is 18.1 Å². The van der Waals surface area contributed by atoms with Gasteiger partial charge >= 0.3 is 5.97 Å². The molecule has 0 saturated heterocycles. The number of esters is 1. The molecular weight excluding hydrogens is 286 g/mol. The summed E-state index contributed by atoms with van der Waals surface area (Å²) in [6, 6.07) is 20.9. The third-order valence-electron chi connectivity index (χ3n) is 3.41. The van der Waals surface area contributed by atoms with Gasteiger partial charge in [-0.3, -0.25) is 9.69 Å². The highest BCUT2D eigenvalue weighted by molar-refractivity contribution is 5.65. The molecule has 0 saturated carbocycles. The van der Waals surface area contributed by atoms with Crippen molar-refractivity contribution in [1.29, 1.82) is 0 Å². The van der Waals surface area contributed by atoms with E-state index in [2.05, 4.69) is 59.5 Å². The van der Waals surface area contributed by atoms with Crippen LogP contribution in [0.2, 0.25) is 0 Å². The number of benzene rings is 2. The Bertz CT molecular complexity index is 567. The molecule has 2 rings (SSSR count). The lowest BCUT2D eigenvalue weighted by Gasteiger charge is -2.21. The lowest BCUT2D eigenvalue weighted by atomic mass is 10.1. The second kappa shape index (κ2) is 9.59. The minimum Gasteiger partial charge on any atom is -0.462 e. The van der Waals surface area contributed by atoms with Gasteiger partial charge in [0.15, 0.2) is 0 Å². The summed E-state index contributed by atoms with van der Waals surface area (Å²) in [6.07, 6.45) is 3.94. The van der Waals surface area contributed by atoms with Gasteiger partial charge in [-0.1, -0.05) is 66.7 Å². The Morgan fingerprint density at radius 2 is 1.43 bits per heavy atom. The molecule has 0 aliphatic heterocycles. The molecule has 0 spiro atoms. The van der Waals surface area contributed by atoms with Crippen molar-refractivity contribution in [2.75, 3.05) is 13.2 Å². The lowest BCUT2D eigenvalue weighted by molar-refractivity contribution is -0.139. The van der Waals surface area contributed by atoms with Gasteiger partial charge in [-0.25, -0.2) is 0 Å². The van der Waals surface area contributed by atoms with Crippen LogP contribution in [0.3, 0.4) is 0 Å². The number of hydrogen-bond donors (Lipinski definition) is 0. The molecule has 2 aromatic carbocycles. The molecule has 0 fully saturated rings. The summed E-state index contributed by atoms with van der Waals surface area (Å²) in [5.74, 6) is -0.250. The zero-order valence-electron chi connectivity index (χ0n) is 13.5. The standard InChI is InChI=1S/C20H23NO2/c1-18(22)23-15-9-8-14-21(16-19-10-4-2-5-11-19)17-20-12-6-3-7-13-20/h2-13H,14-17H2,1H3/b9-8+. The highest BCUT2D eigenvalue weighted by Gasteiger charge is 2.05. The van der Waals surface area contributed by atoms with Crippen molar-refractivity contribution in [2.24, 2.45) is 0 Å². The number of carbonyl (C=O) groups excluding carboxylic acids is 1. The first-order valence-corrected chi connectivity index (χ1v) is 7.82. The molecular formula is C20H23NO2. The minimum absolute atomic E-state index is 0.250. The maximum Gasteiger partial charge on any atom is 0.302 e. The summed E-state index contributed by atoms with van der Waals surface area (Å²) in [5, 5.41) is 0. The fourth-order valence-corrected chi connectivity index (χ4v) is 2.33. The Morgan fingerprint density at radius 1 is 0.913 bits per heavy atom. The van der Waals surface area contributed by atoms with Crippen LogP contribution < -0.4 is 0 Å². The Labute approximate surface area is 138 Å². The van der Waals surface area contributed by atoms with E-state index in [1.807, 2.05) is 18.2 Å². The highest BCUT2D eigenvalue weighted by Crippen LogP contribution is 2.10. The minimum atomic E-state index is -0.250. The molecule has 0 atom stereocenters. The molecule has 3 heteroatoms. The van der Waals surface area contributed by atoms with Crippen molar-refractivity contribution in [3.63, 3.8) is 0 Å². The second-order valence-corrected chi connectivity index (χ2v) is 5.41. The van der Waals surface area contributed by atoms with Gasteiger partial charge in [0.2, 0.25) is 0 Å². The van der Waals surface area contributed by atoms with Crippen LogP contribution in [-0.2, 0) is 22.6 Å². The molecule has 0 heterocycles. The number of carbonyl (C=O) groups is 1. The van der Waals surface area contributed by atoms with Crippen LogP contribution in [-0.4, -0.2) is 24.0 Å². The monoisotopic (exact) mass is 309 g/mol. The highest BCUT2D eigenvalue weighted by atomic mass is 16.5. The van der Waals surface area contributed by atoms with E-state index in [1.54, 1.807) is 0 Å². The van der Waals surface area contributed by atoms with E-state index in [0.29, 0.717) is 6.61 Å². The molecule has 0 aromatic heterocycles. The summed E-state index contributed by atoms with van der Waals surface area (Å²) >= 11 is 0. The van der Waals surface area contributed by atoms with E-state index in [9.17, 15) is 4.79 Å². The van der Waals surface area contributed by atoms with Gasteiger partial charge in [0.05, 0.1) is 0 Å². The molecule has 0 bridgehead atoms. The molecule has 0 N–H and O–H groups in total. The molecule has 0 aliphatic rings. The third kappa shape index (κ3) is 6.94. The van der Waals surface area contributed by atoms with Crippen LogP contribution >= 0.6 is 0 Å². The summed E-state index contributed by atoms with van der Waals surface area (Å²) in [6.45, 7) is 4.33. The van der Waals surface area contributed by atoms with Crippen LogP contribution in [0.5, 0.6) is 0 Å². The van der Waals surface area contributed by atoms with Gasteiger partial charge in [0.25, 0.3) is 0 Å². The van der Waals surface area contributed by atoms with Crippen molar-refractivity contribution in [3.8, 4) is 0 Å². The molecule has 2 aromatic rings. The van der Waals surface area contributed by atoms with E-state index in [0.717, 1.165) is 19.6 Å². The fraction of sp³-hybridized carbons (Fsp3) is 0.250. The Hall–Kier alpha value is -2.39. The van der Waals surface area contributed by atoms with Crippen molar-refractivity contribution in [3.05, 3.63) is 83.9 Å². The Kier molecular flexibility index (Phi) is 7.08. The maximum atomic E-state index is 10.8.